The van der Waals surface area contributed by atoms with Crippen molar-refractivity contribution in [1.82, 2.24) is 10.2 Å². The topological polar surface area (TPSA) is 75.4 Å². The van der Waals surface area contributed by atoms with Crippen molar-refractivity contribution < 1.29 is 9.59 Å². The molecule has 1 unspecified atom stereocenters. The largest absolute Gasteiger partial charge is 0.354 e. The summed E-state index contributed by atoms with van der Waals surface area (Å²) in [6.07, 6.45) is 6.10. The van der Waals surface area contributed by atoms with Crippen LogP contribution in [0.5, 0.6) is 0 Å². The van der Waals surface area contributed by atoms with Gasteiger partial charge in [0.05, 0.1) is 5.88 Å². The van der Waals surface area contributed by atoms with Gasteiger partial charge in [-0.15, -0.1) is 11.8 Å². The standard InChI is InChI=1S/C14H25N3O2S/c15-7-3-4-8-16-13(18)12-9-20-10-17(12)14(19)11-5-1-2-6-11/h11-12H,1-10,15H2,(H,16,18). The van der Waals surface area contributed by atoms with Crippen molar-refractivity contribution in [2.45, 2.75) is 44.6 Å². The highest BCUT2D eigenvalue weighted by Crippen LogP contribution is 2.30. The van der Waals surface area contributed by atoms with E-state index in [1.54, 1.807) is 16.7 Å². The third-order valence-electron chi connectivity index (χ3n) is 4.10. The Morgan fingerprint density at radius 2 is 2.00 bits per heavy atom. The number of nitrogens with one attached hydrogen (secondary N) is 1. The maximum atomic E-state index is 12.5. The van der Waals surface area contributed by atoms with Crippen LogP contribution in [0.25, 0.3) is 0 Å². The van der Waals surface area contributed by atoms with Crippen molar-refractivity contribution in [2.75, 3.05) is 24.7 Å². The summed E-state index contributed by atoms with van der Waals surface area (Å²) in [5.41, 5.74) is 5.43. The molecule has 20 heavy (non-hydrogen) atoms. The van der Waals surface area contributed by atoms with Gasteiger partial charge in [-0.05, 0) is 32.2 Å². The first-order valence-electron chi connectivity index (χ1n) is 7.60. The third kappa shape index (κ3) is 3.88. The second-order valence-corrected chi connectivity index (χ2v) is 6.59. The highest BCUT2D eigenvalue weighted by Gasteiger charge is 2.37. The average Bonchev–Trinajstić information content (AvgIpc) is 3.12. The lowest BCUT2D eigenvalue weighted by molar-refractivity contribution is -0.141. The van der Waals surface area contributed by atoms with Gasteiger partial charge in [0.25, 0.3) is 0 Å². The van der Waals surface area contributed by atoms with Crippen molar-refractivity contribution in [3.05, 3.63) is 0 Å². The number of hydrogen-bond donors (Lipinski definition) is 2. The minimum atomic E-state index is -0.272. The maximum absolute atomic E-state index is 12.5. The van der Waals surface area contributed by atoms with Crippen LogP contribution in [0.1, 0.15) is 38.5 Å². The number of carbonyl (C=O) groups excluding carboxylic acids is 2. The third-order valence-corrected chi connectivity index (χ3v) is 5.11. The van der Waals surface area contributed by atoms with Gasteiger partial charge in [0, 0.05) is 18.2 Å². The summed E-state index contributed by atoms with van der Waals surface area (Å²) in [7, 11) is 0. The number of rotatable bonds is 6. The summed E-state index contributed by atoms with van der Waals surface area (Å²) in [6, 6.07) is -0.272. The number of nitrogens with two attached hydrogens (primary N) is 1. The predicted octanol–water partition coefficient (Wildman–Crippen LogP) is 0.933. The minimum Gasteiger partial charge on any atom is -0.354 e. The van der Waals surface area contributed by atoms with E-state index in [4.69, 9.17) is 5.73 Å². The number of thioether (sulfide) groups is 1. The van der Waals surface area contributed by atoms with E-state index in [1.165, 1.54) is 0 Å². The molecule has 1 aliphatic heterocycles. The zero-order chi connectivity index (χ0) is 14.4. The number of unbranched alkanes of at least 4 members (excludes halogenated alkanes) is 1. The molecule has 0 radical (unpaired) electrons. The first-order chi connectivity index (χ1) is 9.74. The molecule has 6 heteroatoms. The molecule has 5 nitrogen and oxygen atoms in total. The number of hydrogen-bond acceptors (Lipinski definition) is 4. The van der Waals surface area contributed by atoms with Gasteiger partial charge in [0.1, 0.15) is 6.04 Å². The van der Waals surface area contributed by atoms with E-state index in [0.29, 0.717) is 19.0 Å². The highest BCUT2D eigenvalue weighted by atomic mass is 32.2. The van der Waals surface area contributed by atoms with Crippen LogP contribution in [-0.4, -0.2) is 47.5 Å². The SMILES string of the molecule is NCCCCNC(=O)C1CSCN1C(=O)C1CCCC1. The van der Waals surface area contributed by atoms with Gasteiger partial charge in [-0.2, -0.15) is 0 Å². The Morgan fingerprint density at radius 3 is 2.70 bits per heavy atom. The first-order valence-corrected chi connectivity index (χ1v) is 8.75. The quantitative estimate of drug-likeness (QED) is 0.716. The van der Waals surface area contributed by atoms with Gasteiger partial charge in [-0.25, -0.2) is 0 Å². The van der Waals surface area contributed by atoms with E-state index in [-0.39, 0.29) is 23.8 Å². The number of amides is 2. The molecule has 0 aromatic rings. The highest BCUT2D eigenvalue weighted by molar-refractivity contribution is 7.99. The predicted molar refractivity (Wildman–Crippen MR) is 81.2 cm³/mol. The monoisotopic (exact) mass is 299 g/mol. The molecule has 3 N–H and O–H groups in total. The smallest absolute Gasteiger partial charge is 0.243 e. The van der Waals surface area contributed by atoms with Crippen LogP contribution in [0.3, 0.4) is 0 Å². The Hall–Kier alpha value is -0.750. The summed E-state index contributed by atoms with van der Waals surface area (Å²) < 4.78 is 0. The van der Waals surface area contributed by atoms with Crippen molar-refractivity contribution in [1.29, 1.82) is 0 Å². The Kier molecular flexibility index (Phi) is 6.16. The van der Waals surface area contributed by atoms with Crippen LogP contribution in [0.4, 0.5) is 0 Å². The van der Waals surface area contributed by atoms with E-state index in [9.17, 15) is 9.59 Å². The van der Waals surface area contributed by atoms with Gasteiger partial charge in [-0.1, -0.05) is 12.8 Å². The summed E-state index contributed by atoms with van der Waals surface area (Å²) in [5.74, 6) is 1.73. The summed E-state index contributed by atoms with van der Waals surface area (Å²) in [6.45, 7) is 1.31. The van der Waals surface area contributed by atoms with E-state index < -0.39 is 0 Å². The lowest BCUT2D eigenvalue weighted by atomic mass is 10.1. The molecule has 0 aromatic carbocycles. The zero-order valence-corrected chi connectivity index (χ0v) is 12.8. The number of nitrogens with zero attached hydrogens (tertiary/aromatic N) is 1. The van der Waals surface area contributed by atoms with Crippen LogP contribution in [0, 0.1) is 5.92 Å². The molecule has 2 amide bonds. The van der Waals surface area contributed by atoms with E-state index in [1.807, 2.05) is 0 Å². The van der Waals surface area contributed by atoms with Crippen LogP contribution >= 0.6 is 11.8 Å². The second kappa shape index (κ2) is 7.88. The Morgan fingerprint density at radius 1 is 1.25 bits per heavy atom. The van der Waals surface area contributed by atoms with Gasteiger partial charge >= 0.3 is 0 Å². The molecule has 1 saturated carbocycles. The van der Waals surface area contributed by atoms with Crippen LogP contribution in [-0.2, 0) is 9.59 Å². The normalized spacial score (nSPS) is 23.2. The molecule has 0 bridgehead atoms. The second-order valence-electron chi connectivity index (χ2n) is 5.59. The molecule has 1 aliphatic carbocycles. The molecule has 1 saturated heterocycles. The van der Waals surface area contributed by atoms with Crippen LogP contribution < -0.4 is 11.1 Å². The molecular weight excluding hydrogens is 274 g/mol. The molecule has 2 rings (SSSR count). The fourth-order valence-corrected chi connectivity index (χ4v) is 4.05. The number of carbonyl (C=O) groups is 2. The summed E-state index contributed by atoms with van der Waals surface area (Å²) >= 11 is 1.67. The summed E-state index contributed by atoms with van der Waals surface area (Å²) in [5, 5.41) is 2.93. The zero-order valence-electron chi connectivity index (χ0n) is 12.0. The molecule has 0 spiro atoms. The van der Waals surface area contributed by atoms with Gasteiger partial charge in [0.15, 0.2) is 0 Å². The molecule has 114 valence electrons. The Balaban J connectivity index is 1.83. The molecule has 1 heterocycles. The molecule has 2 aliphatic rings. The molecule has 2 fully saturated rings. The lowest BCUT2D eigenvalue weighted by Crippen LogP contribution is -2.48. The van der Waals surface area contributed by atoms with Crippen molar-refractivity contribution in [3.8, 4) is 0 Å². The average molecular weight is 299 g/mol. The fraction of sp³-hybridized carbons (Fsp3) is 0.857. The van der Waals surface area contributed by atoms with Gasteiger partial charge < -0.3 is 16.0 Å². The van der Waals surface area contributed by atoms with E-state index in [2.05, 4.69) is 5.32 Å². The Bertz CT molecular complexity index is 345. The van der Waals surface area contributed by atoms with Crippen LogP contribution in [0.2, 0.25) is 0 Å². The molecule has 1 atom stereocenters. The van der Waals surface area contributed by atoms with E-state index >= 15 is 0 Å². The Labute approximate surface area is 125 Å². The lowest BCUT2D eigenvalue weighted by Gasteiger charge is -2.25. The van der Waals surface area contributed by atoms with Gasteiger partial charge in [0.2, 0.25) is 11.8 Å². The maximum Gasteiger partial charge on any atom is 0.243 e. The fourth-order valence-electron chi connectivity index (χ4n) is 2.88. The minimum absolute atomic E-state index is 0.00151. The van der Waals surface area contributed by atoms with Gasteiger partial charge in [-0.3, -0.25) is 9.59 Å². The van der Waals surface area contributed by atoms with Crippen molar-refractivity contribution in [3.63, 3.8) is 0 Å². The molecule has 0 aromatic heterocycles. The van der Waals surface area contributed by atoms with Crippen molar-refractivity contribution >= 4 is 23.6 Å². The summed E-state index contributed by atoms with van der Waals surface area (Å²) in [4.78, 5) is 26.4. The molecular formula is C14H25N3O2S. The van der Waals surface area contributed by atoms with Crippen molar-refractivity contribution in [2.24, 2.45) is 11.7 Å². The van der Waals surface area contributed by atoms with Crippen LogP contribution in [0.15, 0.2) is 0 Å². The van der Waals surface area contributed by atoms with E-state index in [0.717, 1.165) is 44.3 Å². The first kappa shape index (κ1) is 15.6.